The molecule has 2 unspecified atom stereocenters. The van der Waals surface area contributed by atoms with Crippen LogP contribution in [0.2, 0.25) is 0 Å². The summed E-state index contributed by atoms with van der Waals surface area (Å²) in [6.07, 6.45) is 1.27. The number of benzene rings is 1. The van der Waals surface area contributed by atoms with Gasteiger partial charge in [0.05, 0.1) is 19.3 Å². The molecule has 90 valence electrons. The van der Waals surface area contributed by atoms with Crippen LogP contribution >= 0.6 is 0 Å². The first kappa shape index (κ1) is 13.0. The van der Waals surface area contributed by atoms with E-state index in [1.165, 1.54) is 0 Å². The highest BCUT2D eigenvalue weighted by molar-refractivity contribution is 5.29. The molecule has 1 rings (SSSR count). The van der Waals surface area contributed by atoms with Crippen LogP contribution in [0.1, 0.15) is 31.4 Å². The number of hydrogen-bond acceptors (Lipinski definition) is 3. The number of methoxy groups -OCH3 is 2. The van der Waals surface area contributed by atoms with Crippen molar-refractivity contribution in [3.63, 3.8) is 0 Å². The van der Waals surface area contributed by atoms with Gasteiger partial charge in [-0.3, -0.25) is 0 Å². The molecule has 0 aliphatic carbocycles. The quantitative estimate of drug-likeness (QED) is 0.807. The second kappa shape index (κ2) is 6.51. The van der Waals surface area contributed by atoms with Crippen LogP contribution in [0, 0.1) is 0 Å². The van der Waals surface area contributed by atoms with Crippen molar-refractivity contribution in [3.8, 4) is 5.75 Å². The lowest BCUT2D eigenvalue weighted by atomic mass is 10.0. The van der Waals surface area contributed by atoms with Crippen LogP contribution in [-0.4, -0.2) is 25.4 Å². The Bertz CT molecular complexity index is 312. The molecule has 0 fully saturated rings. The molecular weight excluding hydrogens is 204 g/mol. The van der Waals surface area contributed by atoms with Crippen molar-refractivity contribution in [1.82, 2.24) is 0 Å². The summed E-state index contributed by atoms with van der Waals surface area (Å²) in [5.74, 6) is 0.774. The van der Waals surface area contributed by atoms with Gasteiger partial charge in [-0.15, -0.1) is 0 Å². The molecule has 1 aromatic carbocycles. The van der Waals surface area contributed by atoms with Crippen LogP contribution in [0.25, 0.3) is 0 Å². The lowest BCUT2D eigenvalue weighted by Crippen LogP contribution is -2.07. The molecule has 0 heterocycles. The van der Waals surface area contributed by atoms with Gasteiger partial charge in [0, 0.05) is 7.11 Å². The molecule has 0 saturated carbocycles. The van der Waals surface area contributed by atoms with Crippen molar-refractivity contribution in [2.75, 3.05) is 14.2 Å². The zero-order valence-electron chi connectivity index (χ0n) is 10.1. The highest BCUT2D eigenvalue weighted by atomic mass is 16.5. The third-order valence-electron chi connectivity index (χ3n) is 2.73. The molecule has 0 spiro atoms. The Balaban J connectivity index is 2.54. The molecule has 3 nitrogen and oxygen atoms in total. The lowest BCUT2D eigenvalue weighted by molar-refractivity contribution is 0.0850. The smallest absolute Gasteiger partial charge is 0.119 e. The van der Waals surface area contributed by atoms with Crippen LogP contribution < -0.4 is 4.74 Å². The van der Waals surface area contributed by atoms with E-state index in [2.05, 4.69) is 0 Å². The van der Waals surface area contributed by atoms with Gasteiger partial charge in [0.2, 0.25) is 0 Å². The highest BCUT2D eigenvalue weighted by Crippen LogP contribution is 2.23. The van der Waals surface area contributed by atoms with Crippen LogP contribution in [0.4, 0.5) is 0 Å². The Morgan fingerprint density at radius 3 is 2.62 bits per heavy atom. The van der Waals surface area contributed by atoms with E-state index in [1.54, 1.807) is 14.2 Å². The van der Waals surface area contributed by atoms with Crippen LogP contribution in [0.15, 0.2) is 24.3 Å². The molecule has 0 aliphatic heterocycles. The largest absolute Gasteiger partial charge is 0.497 e. The Hall–Kier alpha value is -1.06. The van der Waals surface area contributed by atoms with E-state index < -0.39 is 6.10 Å². The maximum atomic E-state index is 9.97. The van der Waals surface area contributed by atoms with E-state index in [0.29, 0.717) is 6.42 Å². The van der Waals surface area contributed by atoms with Crippen molar-refractivity contribution in [1.29, 1.82) is 0 Å². The number of rotatable bonds is 6. The molecule has 0 saturated heterocycles. The fourth-order valence-corrected chi connectivity index (χ4v) is 1.53. The van der Waals surface area contributed by atoms with Gasteiger partial charge in [0.25, 0.3) is 0 Å². The molecule has 0 amide bonds. The fraction of sp³-hybridized carbons (Fsp3) is 0.538. The lowest BCUT2D eigenvalue weighted by Gasteiger charge is -2.14. The minimum Gasteiger partial charge on any atom is -0.497 e. The summed E-state index contributed by atoms with van der Waals surface area (Å²) in [7, 11) is 3.31. The van der Waals surface area contributed by atoms with Crippen molar-refractivity contribution in [3.05, 3.63) is 29.8 Å². The fourth-order valence-electron chi connectivity index (χ4n) is 1.53. The second-order valence-corrected chi connectivity index (χ2v) is 3.92. The van der Waals surface area contributed by atoms with E-state index in [-0.39, 0.29) is 6.10 Å². The monoisotopic (exact) mass is 224 g/mol. The van der Waals surface area contributed by atoms with Gasteiger partial charge in [-0.2, -0.15) is 0 Å². The van der Waals surface area contributed by atoms with Crippen molar-refractivity contribution >= 4 is 0 Å². The summed E-state index contributed by atoms with van der Waals surface area (Å²) in [5.41, 5.74) is 0.891. The molecule has 0 aromatic heterocycles. The van der Waals surface area contributed by atoms with Crippen molar-refractivity contribution in [2.45, 2.75) is 32.0 Å². The maximum Gasteiger partial charge on any atom is 0.119 e. The molecule has 1 N–H and O–H groups in total. The van der Waals surface area contributed by atoms with Crippen LogP contribution in [0.3, 0.4) is 0 Å². The van der Waals surface area contributed by atoms with Gasteiger partial charge in [-0.25, -0.2) is 0 Å². The Morgan fingerprint density at radius 2 is 2.00 bits per heavy atom. The average Bonchev–Trinajstić information content (AvgIpc) is 2.35. The summed E-state index contributed by atoms with van der Waals surface area (Å²) < 4.78 is 10.3. The predicted molar refractivity (Wildman–Crippen MR) is 63.7 cm³/mol. The van der Waals surface area contributed by atoms with E-state index in [4.69, 9.17) is 9.47 Å². The standard InChI is InChI=1S/C13H20O3/c1-10(15-2)7-8-13(14)11-5-4-6-12(9-11)16-3/h4-6,9-10,13-14H,7-8H2,1-3H3. The van der Waals surface area contributed by atoms with Gasteiger partial charge in [0.15, 0.2) is 0 Å². The molecule has 2 atom stereocenters. The molecular formula is C13H20O3. The molecule has 0 radical (unpaired) electrons. The zero-order valence-corrected chi connectivity index (χ0v) is 10.1. The maximum absolute atomic E-state index is 9.97. The summed E-state index contributed by atoms with van der Waals surface area (Å²) in [4.78, 5) is 0. The Kier molecular flexibility index (Phi) is 5.29. The van der Waals surface area contributed by atoms with Crippen molar-refractivity contribution in [2.24, 2.45) is 0 Å². The number of ether oxygens (including phenoxy) is 2. The van der Waals surface area contributed by atoms with E-state index >= 15 is 0 Å². The minimum absolute atomic E-state index is 0.181. The third kappa shape index (κ3) is 3.83. The topological polar surface area (TPSA) is 38.7 Å². The summed E-state index contributed by atoms with van der Waals surface area (Å²) in [6, 6.07) is 7.53. The number of aliphatic hydroxyl groups excluding tert-OH is 1. The zero-order chi connectivity index (χ0) is 12.0. The molecule has 0 aliphatic rings. The van der Waals surface area contributed by atoms with Gasteiger partial charge in [-0.05, 0) is 37.5 Å². The van der Waals surface area contributed by atoms with Crippen LogP contribution in [-0.2, 0) is 4.74 Å². The first-order valence-corrected chi connectivity index (χ1v) is 5.52. The minimum atomic E-state index is -0.451. The number of hydrogen-bond donors (Lipinski definition) is 1. The average molecular weight is 224 g/mol. The highest BCUT2D eigenvalue weighted by Gasteiger charge is 2.10. The van der Waals surface area contributed by atoms with Crippen molar-refractivity contribution < 1.29 is 14.6 Å². The first-order valence-electron chi connectivity index (χ1n) is 5.52. The predicted octanol–water partition coefficient (Wildman–Crippen LogP) is 2.54. The van der Waals surface area contributed by atoms with Gasteiger partial charge in [-0.1, -0.05) is 12.1 Å². The normalized spacial score (nSPS) is 14.5. The van der Waals surface area contributed by atoms with Crippen LogP contribution in [0.5, 0.6) is 5.75 Å². The Labute approximate surface area is 97.0 Å². The van der Waals surface area contributed by atoms with E-state index in [1.807, 2.05) is 31.2 Å². The summed E-state index contributed by atoms with van der Waals surface area (Å²) in [5, 5.41) is 9.97. The molecule has 16 heavy (non-hydrogen) atoms. The third-order valence-corrected chi connectivity index (χ3v) is 2.73. The summed E-state index contributed by atoms with van der Waals surface area (Å²) in [6.45, 7) is 2.00. The summed E-state index contributed by atoms with van der Waals surface area (Å²) >= 11 is 0. The molecule has 0 bridgehead atoms. The van der Waals surface area contributed by atoms with E-state index in [9.17, 15) is 5.11 Å². The Morgan fingerprint density at radius 1 is 1.25 bits per heavy atom. The van der Waals surface area contributed by atoms with Gasteiger partial charge < -0.3 is 14.6 Å². The number of aliphatic hydroxyl groups is 1. The van der Waals surface area contributed by atoms with E-state index in [0.717, 1.165) is 17.7 Å². The van der Waals surface area contributed by atoms with Gasteiger partial charge in [0.1, 0.15) is 5.75 Å². The second-order valence-electron chi connectivity index (χ2n) is 3.92. The SMILES string of the molecule is COc1cccc(C(O)CCC(C)OC)c1. The molecule has 1 aromatic rings. The molecule has 3 heteroatoms. The van der Waals surface area contributed by atoms with Gasteiger partial charge >= 0.3 is 0 Å². The first-order chi connectivity index (χ1) is 7.67.